The lowest BCUT2D eigenvalue weighted by Gasteiger charge is -2.42. The van der Waals surface area contributed by atoms with Gasteiger partial charge in [0.1, 0.15) is 23.7 Å². The summed E-state index contributed by atoms with van der Waals surface area (Å²) in [6.45, 7) is 3.65. The van der Waals surface area contributed by atoms with Gasteiger partial charge in [-0.15, -0.1) is 0 Å². The number of hydrogen-bond donors (Lipinski definition) is 4. The van der Waals surface area contributed by atoms with Crippen LogP contribution in [0, 0.1) is 13.8 Å². The van der Waals surface area contributed by atoms with Gasteiger partial charge in [0.05, 0.1) is 22.7 Å². The molecular weight excluding hydrogens is 421 g/mol. The molecule has 1 heterocycles. The maximum atomic E-state index is 10.9. The highest BCUT2D eigenvalue weighted by Gasteiger charge is 2.44. The molecule has 1 aliphatic rings. The molecule has 0 radical (unpaired) electrons. The first-order chi connectivity index (χ1) is 13.3. The van der Waals surface area contributed by atoms with Crippen molar-refractivity contribution in [2.45, 2.75) is 48.5 Å². The third-order valence-corrected chi connectivity index (χ3v) is 6.76. The zero-order valence-electron chi connectivity index (χ0n) is 15.5. The molecule has 3 rings (SSSR count). The average Bonchev–Trinajstić information content (AvgIpc) is 2.66. The molecule has 0 unspecified atom stereocenters. The predicted octanol–water partition coefficient (Wildman–Crippen LogP) is 3.62. The Labute approximate surface area is 178 Å². The second-order valence-corrected chi connectivity index (χ2v) is 8.86. The molecule has 1 aliphatic heterocycles. The van der Waals surface area contributed by atoms with Crippen molar-refractivity contribution in [3.05, 3.63) is 57.6 Å². The van der Waals surface area contributed by atoms with Crippen LogP contribution < -0.4 is 5.32 Å². The van der Waals surface area contributed by atoms with Gasteiger partial charge in [-0.2, -0.15) is 0 Å². The van der Waals surface area contributed by atoms with Crippen LogP contribution in [0.4, 0.5) is 5.69 Å². The van der Waals surface area contributed by atoms with Gasteiger partial charge in [0.15, 0.2) is 0 Å². The number of anilines is 1. The quantitative estimate of drug-likeness (QED) is 0.564. The highest BCUT2D eigenvalue weighted by atomic mass is 35.5. The van der Waals surface area contributed by atoms with E-state index in [1.807, 2.05) is 32.0 Å². The van der Waals surface area contributed by atoms with Crippen LogP contribution in [0.5, 0.6) is 0 Å². The maximum absolute atomic E-state index is 10.9. The van der Waals surface area contributed by atoms with Crippen LogP contribution in [0.25, 0.3) is 0 Å². The minimum Gasteiger partial charge on any atom is -0.394 e. The highest BCUT2D eigenvalue weighted by molar-refractivity contribution is 7.99. The van der Waals surface area contributed by atoms with Crippen molar-refractivity contribution in [1.29, 1.82) is 0 Å². The number of ether oxygens (including phenoxy) is 1. The molecule has 0 spiro atoms. The number of aliphatic hydroxyl groups excluding tert-OH is 3. The van der Waals surface area contributed by atoms with Crippen LogP contribution in [0.1, 0.15) is 11.1 Å². The minimum absolute atomic E-state index is 0.364. The van der Waals surface area contributed by atoms with Crippen molar-refractivity contribution < 1.29 is 20.1 Å². The number of hydrogen-bond acceptors (Lipinski definition) is 6. The molecule has 152 valence electrons. The first-order valence-electron chi connectivity index (χ1n) is 8.88. The van der Waals surface area contributed by atoms with Crippen molar-refractivity contribution in [3.8, 4) is 0 Å². The molecular formula is C20H23Cl2NO4S. The molecule has 0 aliphatic carbocycles. The Morgan fingerprint density at radius 2 is 1.75 bits per heavy atom. The Morgan fingerprint density at radius 1 is 1.00 bits per heavy atom. The molecule has 2 aromatic carbocycles. The lowest BCUT2D eigenvalue weighted by atomic mass is 9.96. The Bertz CT molecular complexity index is 838. The fourth-order valence-corrected chi connectivity index (χ4v) is 4.53. The fraction of sp³-hybridized carbons (Fsp3) is 0.400. The Kier molecular flexibility index (Phi) is 7.15. The standard InChI is InChI=1S/C20H23Cl2NO4S/c1-10-3-4-12(7-11(10)2)23-17-18(25)16(9-24)27-20(19(17)26)28-13-5-6-14(21)15(22)8-13/h3-8,16-20,23-26H,9H2,1-2H3/t16-,17+,18+,19-,20-/m1/s1. The molecule has 8 heteroatoms. The van der Waals surface area contributed by atoms with Gasteiger partial charge in [-0.25, -0.2) is 0 Å². The largest absolute Gasteiger partial charge is 0.394 e. The second-order valence-electron chi connectivity index (χ2n) is 6.87. The van der Waals surface area contributed by atoms with Crippen LogP contribution in [0.3, 0.4) is 0 Å². The van der Waals surface area contributed by atoms with Crippen LogP contribution >= 0.6 is 35.0 Å². The van der Waals surface area contributed by atoms with Crippen LogP contribution in [0.15, 0.2) is 41.3 Å². The van der Waals surface area contributed by atoms with Gasteiger partial charge in [0, 0.05) is 10.6 Å². The summed E-state index contributed by atoms with van der Waals surface area (Å²) in [5.74, 6) is 0. The highest BCUT2D eigenvalue weighted by Crippen LogP contribution is 2.36. The van der Waals surface area contributed by atoms with Crippen LogP contribution in [-0.2, 0) is 4.74 Å². The average molecular weight is 444 g/mol. The fourth-order valence-electron chi connectivity index (χ4n) is 3.06. The van der Waals surface area contributed by atoms with Crippen molar-refractivity contribution in [2.24, 2.45) is 0 Å². The van der Waals surface area contributed by atoms with Gasteiger partial charge in [0.25, 0.3) is 0 Å². The van der Waals surface area contributed by atoms with E-state index in [0.29, 0.717) is 10.0 Å². The number of aliphatic hydroxyl groups is 3. The van der Waals surface area contributed by atoms with Gasteiger partial charge < -0.3 is 25.4 Å². The number of benzene rings is 2. The van der Waals surface area contributed by atoms with Gasteiger partial charge in [-0.3, -0.25) is 0 Å². The van der Waals surface area contributed by atoms with E-state index in [4.69, 9.17) is 27.9 Å². The summed E-state index contributed by atoms with van der Waals surface area (Å²) in [6.07, 6.45) is -2.93. The van der Waals surface area contributed by atoms with Crippen LogP contribution in [0.2, 0.25) is 10.0 Å². The first-order valence-corrected chi connectivity index (χ1v) is 10.5. The van der Waals surface area contributed by atoms with E-state index in [0.717, 1.165) is 21.7 Å². The SMILES string of the molecule is Cc1ccc(N[C@@H]2[C@@H](O)[C@@H](Sc3ccc(Cl)c(Cl)c3)O[C@H](CO)[C@@H]2O)cc1C. The molecule has 1 saturated heterocycles. The summed E-state index contributed by atoms with van der Waals surface area (Å²) < 4.78 is 5.74. The number of rotatable bonds is 5. The number of nitrogens with one attached hydrogen (secondary N) is 1. The number of aryl methyl sites for hydroxylation is 2. The first kappa shape index (κ1) is 21.7. The lowest BCUT2D eigenvalue weighted by molar-refractivity contribution is -0.156. The van der Waals surface area contributed by atoms with Gasteiger partial charge in [-0.1, -0.05) is 41.0 Å². The zero-order chi connectivity index (χ0) is 20.4. The lowest BCUT2D eigenvalue weighted by Crippen LogP contribution is -2.60. The zero-order valence-corrected chi connectivity index (χ0v) is 17.8. The summed E-state index contributed by atoms with van der Waals surface area (Å²) in [5, 5.41) is 35.1. The summed E-state index contributed by atoms with van der Waals surface area (Å²) in [5.41, 5.74) is 2.33. The monoisotopic (exact) mass is 443 g/mol. The van der Waals surface area contributed by atoms with Crippen LogP contribution in [-0.4, -0.2) is 51.7 Å². The van der Waals surface area contributed by atoms with E-state index >= 15 is 0 Å². The van der Waals surface area contributed by atoms with Gasteiger partial charge in [-0.05, 0) is 55.3 Å². The summed E-state index contributed by atoms with van der Waals surface area (Å²) >= 11 is 13.3. The normalized spacial score (nSPS) is 27.6. The van der Waals surface area contributed by atoms with Crippen molar-refractivity contribution in [1.82, 2.24) is 0 Å². The minimum atomic E-state index is -1.08. The maximum Gasteiger partial charge on any atom is 0.136 e. The molecule has 5 nitrogen and oxygen atoms in total. The van der Waals surface area contributed by atoms with Gasteiger partial charge >= 0.3 is 0 Å². The molecule has 0 bridgehead atoms. The van der Waals surface area contributed by atoms with Gasteiger partial charge in [0.2, 0.25) is 0 Å². The van der Waals surface area contributed by atoms with E-state index in [9.17, 15) is 15.3 Å². The smallest absolute Gasteiger partial charge is 0.136 e. The third-order valence-electron chi connectivity index (χ3n) is 4.87. The van der Waals surface area contributed by atoms with E-state index < -0.39 is 29.8 Å². The molecule has 4 N–H and O–H groups in total. The molecule has 0 aromatic heterocycles. The second kappa shape index (κ2) is 9.22. The number of thioether (sulfide) groups is 1. The topological polar surface area (TPSA) is 82.0 Å². The molecule has 2 aromatic rings. The van der Waals surface area contributed by atoms with Crippen molar-refractivity contribution >= 4 is 40.7 Å². The third kappa shape index (κ3) is 4.76. The van der Waals surface area contributed by atoms with E-state index in [1.54, 1.807) is 18.2 Å². The Morgan fingerprint density at radius 3 is 2.39 bits per heavy atom. The Hall–Kier alpha value is -0.990. The molecule has 5 atom stereocenters. The Balaban J connectivity index is 1.81. The number of halogens is 2. The van der Waals surface area contributed by atoms with E-state index in [1.165, 1.54) is 11.8 Å². The molecule has 0 saturated carbocycles. The summed E-state index contributed by atoms with van der Waals surface area (Å²) in [6, 6.07) is 10.3. The molecule has 1 fully saturated rings. The van der Waals surface area contributed by atoms with E-state index in [2.05, 4.69) is 5.32 Å². The summed E-state index contributed by atoms with van der Waals surface area (Å²) in [4.78, 5) is 0.761. The predicted molar refractivity (Wildman–Crippen MR) is 113 cm³/mol. The summed E-state index contributed by atoms with van der Waals surface area (Å²) in [7, 11) is 0. The molecule has 28 heavy (non-hydrogen) atoms. The van der Waals surface area contributed by atoms with E-state index in [-0.39, 0.29) is 6.61 Å². The van der Waals surface area contributed by atoms with Crippen molar-refractivity contribution in [2.75, 3.05) is 11.9 Å². The molecule has 0 amide bonds. The van der Waals surface area contributed by atoms with Crippen molar-refractivity contribution in [3.63, 3.8) is 0 Å².